The summed E-state index contributed by atoms with van der Waals surface area (Å²) < 4.78 is 13.8. The van der Waals surface area contributed by atoms with Crippen molar-refractivity contribution in [2.45, 2.75) is 5.92 Å². The summed E-state index contributed by atoms with van der Waals surface area (Å²) in [5.74, 6) is -0.506. The number of carbonyl (C=O) groups excluding carboxylic acids is 1. The van der Waals surface area contributed by atoms with Crippen LogP contribution in [0, 0.1) is 5.82 Å². The molecule has 3 nitrogen and oxygen atoms in total. The summed E-state index contributed by atoms with van der Waals surface area (Å²) in [6.45, 7) is 1.18. The molecule has 0 saturated carbocycles. The molecule has 2 heterocycles. The van der Waals surface area contributed by atoms with E-state index in [1.807, 2.05) is 19.2 Å². The molecule has 112 valence electrons. The van der Waals surface area contributed by atoms with E-state index in [0.717, 1.165) is 5.56 Å². The fraction of sp³-hybridized carbons (Fsp3) is 0.222. The van der Waals surface area contributed by atoms with Crippen molar-refractivity contribution in [3.8, 4) is 0 Å². The monoisotopic (exact) mass is 296 g/mol. The summed E-state index contributed by atoms with van der Waals surface area (Å²) in [4.78, 5) is 18.9. The predicted molar refractivity (Wildman–Crippen MR) is 83.9 cm³/mol. The fourth-order valence-corrected chi connectivity index (χ4v) is 2.79. The number of Topliss-reactive ketones (excluding diaryl/α,β-unsaturated/α-hetero) is 1. The molecule has 1 aliphatic heterocycles. The molecule has 0 bridgehead atoms. The second-order valence-corrected chi connectivity index (χ2v) is 5.59. The average molecular weight is 296 g/mol. The van der Waals surface area contributed by atoms with E-state index < -0.39 is 0 Å². The van der Waals surface area contributed by atoms with Gasteiger partial charge in [0.25, 0.3) is 0 Å². The summed E-state index contributed by atoms with van der Waals surface area (Å²) in [6.07, 6.45) is 5.08. The maximum atomic E-state index is 13.8. The lowest BCUT2D eigenvalue weighted by Gasteiger charge is -2.30. The van der Waals surface area contributed by atoms with Gasteiger partial charge in [0.05, 0.1) is 5.92 Å². The van der Waals surface area contributed by atoms with Crippen molar-refractivity contribution in [3.63, 3.8) is 0 Å². The summed E-state index contributed by atoms with van der Waals surface area (Å²) in [5.41, 5.74) is 1.98. The first-order valence-electron chi connectivity index (χ1n) is 7.23. The molecule has 1 aromatic carbocycles. The third-order valence-electron chi connectivity index (χ3n) is 3.89. The first-order valence-corrected chi connectivity index (χ1v) is 7.23. The summed E-state index contributed by atoms with van der Waals surface area (Å²) in [7, 11) is 1.96. The van der Waals surface area contributed by atoms with Crippen LogP contribution >= 0.6 is 0 Å². The van der Waals surface area contributed by atoms with Gasteiger partial charge >= 0.3 is 0 Å². The van der Waals surface area contributed by atoms with Crippen LogP contribution in [-0.4, -0.2) is 35.8 Å². The Balaban J connectivity index is 1.95. The fourth-order valence-electron chi connectivity index (χ4n) is 2.79. The number of aromatic nitrogens is 1. The zero-order valence-corrected chi connectivity index (χ0v) is 12.4. The normalized spacial score (nSPS) is 21.3. The van der Waals surface area contributed by atoms with Crippen molar-refractivity contribution in [1.82, 2.24) is 9.88 Å². The minimum absolute atomic E-state index is 0.0503. The minimum Gasteiger partial charge on any atom is -0.301 e. The quantitative estimate of drug-likeness (QED) is 0.799. The Morgan fingerprint density at radius 1 is 1.27 bits per heavy atom. The molecule has 1 fully saturated rings. The van der Waals surface area contributed by atoms with Gasteiger partial charge in [-0.2, -0.15) is 0 Å². The minimum atomic E-state index is -0.311. The Kier molecular flexibility index (Phi) is 4.11. The lowest BCUT2D eigenvalue weighted by molar-refractivity contribution is -0.118. The number of likely N-dealkylation sites (tertiary alicyclic amines) is 1. The molecule has 1 saturated heterocycles. The summed E-state index contributed by atoms with van der Waals surface area (Å²) in [5, 5.41) is 0. The van der Waals surface area contributed by atoms with Crippen LogP contribution in [0.2, 0.25) is 0 Å². The number of ketones is 1. The molecule has 0 aliphatic carbocycles. The van der Waals surface area contributed by atoms with E-state index in [-0.39, 0.29) is 17.5 Å². The van der Waals surface area contributed by atoms with Gasteiger partial charge in [0, 0.05) is 36.6 Å². The van der Waals surface area contributed by atoms with Crippen molar-refractivity contribution < 1.29 is 9.18 Å². The number of nitrogens with zero attached hydrogens (tertiary/aromatic N) is 2. The van der Waals surface area contributed by atoms with Crippen molar-refractivity contribution >= 4 is 11.9 Å². The molecule has 1 aromatic heterocycles. The Bertz CT molecular complexity index is 712. The lowest BCUT2D eigenvalue weighted by Crippen LogP contribution is -2.38. The number of pyridine rings is 1. The van der Waals surface area contributed by atoms with Crippen molar-refractivity contribution in [2.24, 2.45) is 0 Å². The van der Waals surface area contributed by atoms with Gasteiger partial charge in [-0.05, 0) is 30.8 Å². The second-order valence-electron chi connectivity index (χ2n) is 5.59. The van der Waals surface area contributed by atoms with Crippen LogP contribution in [0.25, 0.3) is 6.08 Å². The van der Waals surface area contributed by atoms with Gasteiger partial charge < -0.3 is 4.90 Å². The summed E-state index contributed by atoms with van der Waals surface area (Å²) in [6, 6.07) is 10.2. The van der Waals surface area contributed by atoms with Crippen molar-refractivity contribution in [1.29, 1.82) is 0 Å². The SMILES string of the molecule is CN1CC(=Cc2ccccc2F)C(=O)C(c2cccnc2)C1. The molecule has 1 aliphatic rings. The standard InChI is InChI=1S/C18H17FN2O/c1-21-11-15(9-13-5-2-3-7-17(13)19)18(22)16(12-21)14-6-4-8-20-10-14/h2-10,16H,11-12H2,1H3. The first kappa shape index (κ1) is 14.6. The van der Waals surface area contributed by atoms with E-state index in [1.54, 1.807) is 36.7 Å². The van der Waals surface area contributed by atoms with Crippen LogP contribution in [0.3, 0.4) is 0 Å². The van der Waals surface area contributed by atoms with Gasteiger partial charge in [-0.3, -0.25) is 9.78 Å². The topological polar surface area (TPSA) is 33.2 Å². The molecule has 4 heteroatoms. The van der Waals surface area contributed by atoms with Crippen LogP contribution in [0.5, 0.6) is 0 Å². The van der Waals surface area contributed by atoms with E-state index in [1.165, 1.54) is 6.07 Å². The van der Waals surface area contributed by atoms with E-state index in [4.69, 9.17) is 0 Å². The summed E-state index contributed by atoms with van der Waals surface area (Å²) >= 11 is 0. The van der Waals surface area contributed by atoms with Crippen LogP contribution in [-0.2, 0) is 4.79 Å². The van der Waals surface area contributed by atoms with Gasteiger partial charge in [0.15, 0.2) is 5.78 Å². The van der Waals surface area contributed by atoms with Crippen LogP contribution in [0.4, 0.5) is 4.39 Å². The van der Waals surface area contributed by atoms with Gasteiger partial charge in [-0.25, -0.2) is 4.39 Å². The number of carbonyl (C=O) groups is 1. The van der Waals surface area contributed by atoms with Gasteiger partial charge in [-0.1, -0.05) is 24.3 Å². The molecule has 22 heavy (non-hydrogen) atoms. The molecule has 1 unspecified atom stereocenters. The molecule has 1 atom stereocenters. The highest BCUT2D eigenvalue weighted by Crippen LogP contribution is 2.27. The molecule has 0 amide bonds. The third-order valence-corrected chi connectivity index (χ3v) is 3.89. The molecular weight excluding hydrogens is 279 g/mol. The zero-order valence-electron chi connectivity index (χ0n) is 12.4. The number of hydrogen-bond acceptors (Lipinski definition) is 3. The number of hydrogen-bond donors (Lipinski definition) is 0. The lowest BCUT2D eigenvalue weighted by atomic mass is 9.86. The molecule has 0 radical (unpaired) electrons. The highest BCUT2D eigenvalue weighted by Gasteiger charge is 2.30. The van der Waals surface area contributed by atoms with Crippen molar-refractivity contribution in [2.75, 3.05) is 20.1 Å². The molecule has 0 spiro atoms. The van der Waals surface area contributed by atoms with Crippen molar-refractivity contribution in [3.05, 3.63) is 71.3 Å². The van der Waals surface area contributed by atoms with Crippen LogP contribution < -0.4 is 0 Å². The van der Waals surface area contributed by atoms with E-state index in [9.17, 15) is 9.18 Å². The molecular formula is C18H17FN2O. The predicted octanol–water partition coefficient (Wildman–Crippen LogP) is 2.90. The zero-order chi connectivity index (χ0) is 15.5. The second kappa shape index (κ2) is 6.20. The maximum absolute atomic E-state index is 13.8. The molecule has 2 aromatic rings. The average Bonchev–Trinajstić information content (AvgIpc) is 2.53. The van der Waals surface area contributed by atoms with Crippen LogP contribution in [0.1, 0.15) is 17.0 Å². The Hall–Kier alpha value is -2.33. The Morgan fingerprint density at radius 3 is 2.82 bits per heavy atom. The van der Waals surface area contributed by atoms with Gasteiger partial charge in [-0.15, -0.1) is 0 Å². The number of halogens is 1. The largest absolute Gasteiger partial charge is 0.301 e. The highest BCUT2D eigenvalue weighted by molar-refractivity contribution is 6.05. The van der Waals surface area contributed by atoms with Crippen LogP contribution in [0.15, 0.2) is 54.4 Å². The highest BCUT2D eigenvalue weighted by atomic mass is 19.1. The van der Waals surface area contributed by atoms with Gasteiger partial charge in [0.2, 0.25) is 0 Å². The van der Waals surface area contributed by atoms with E-state index in [2.05, 4.69) is 9.88 Å². The number of piperidine rings is 1. The smallest absolute Gasteiger partial charge is 0.168 e. The third kappa shape index (κ3) is 2.97. The first-order chi connectivity index (χ1) is 10.6. The Labute approximate surface area is 129 Å². The molecule has 0 N–H and O–H groups in total. The number of likely N-dealkylation sites (N-methyl/N-ethyl adjacent to an activating group) is 1. The maximum Gasteiger partial charge on any atom is 0.168 e. The van der Waals surface area contributed by atoms with E-state index in [0.29, 0.717) is 24.2 Å². The Morgan fingerprint density at radius 2 is 2.09 bits per heavy atom. The number of rotatable bonds is 2. The van der Waals surface area contributed by atoms with E-state index >= 15 is 0 Å². The number of benzene rings is 1. The van der Waals surface area contributed by atoms with Gasteiger partial charge in [0.1, 0.15) is 5.82 Å². The molecule has 3 rings (SSSR count).